The lowest BCUT2D eigenvalue weighted by molar-refractivity contribution is -0.144. The average Bonchev–Trinajstić information content (AvgIpc) is 2.37. The maximum absolute atomic E-state index is 12.0. The molecule has 4 nitrogen and oxygen atoms in total. The maximum Gasteiger partial charge on any atom is 0.309 e. The summed E-state index contributed by atoms with van der Waals surface area (Å²) in [5.74, 6) is -0.957. The molecule has 0 heterocycles. The minimum atomic E-state index is -3.32. The van der Waals surface area contributed by atoms with E-state index in [9.17, 15) is 13.2 Å². The Morgan fingerprint density at radius 2 is 1.70 bits per heavy atom. The van der Waals surface area contributed by atoms with Crippen LogP contribution >= 0.6 is 0 Å². The van der Waals surface area contributed by atoms with Gasteiger partial charge < -0.3 is 4.74 Å². The molecular formula is C15H22O4S. The standard InChI is InChI=1S/C15H22O4S/c1-11(2)14-7-5-13(6-8-14)10-20(17,18)9-12(3)15(16)19-4/h5-8,11-12H,9-10H2,1-4H3. The maximum atomic E-state index is 12.0. The van der Waals surface area contributed by atoms with Crippen molar-refractivity contribution in [1.29, 1.82) is 0 Å². The van der Waals surface area contributed by atoms with Gasteiger partial charge >= 0.3 is 5.97 Å². The van der Waals surface area contributed by atoms with Crippen LogP contribution in [0.3, 0.4) is 0 Å². The van der Waals surface area contributed by atoms with Crippen LogP contribution in [0.1, 0.15) is 37.8 Å². The Hall–Kier alpha value is -1.36. The molecule has 0 aliphatic heterocycles. The normalized spacial score (nSPS) is 13.2. The van der Waals surface area contributed by atoms with Crippen molar-refractivity contribution in [3.8, 4) is 0 Å². The van der Waals surface area contributed by atoms with Crippen LogP contribution in [0.4, 0.5) is 0 Å². The van der Waals surface area contributed by atoms with Crippen molar-refractivity contribution in [2.75, 3.05) is 12.9 Å². The van der Waals surface area contributed by atoms with Gasteiger partial charge in [-0.3, -0.25) is 4.79 Å². The van der Waals surface area contributed by atoms with Gasteiger partial charge in [0.1, 0.15) is 0 Å². The van der Waals surface area contributed by atoms with E-state index >= 15 is 0 Å². The lowest BCUT2D eigenvalue weighted by Gasteiger charge is -2.11. The lowest BCUT2D eigenvalue weighted by Crippen LogP contribution is -2.23. The van der Waals surface area contributed by atoms with Crippen LogP contribution in [-0.2, 0) is 25.1 Å². The molecule has 20 heavy (non-hydrogen) atoms. The first-order valence-corrected chi connectivity index (χ1v) is 8.44. The zero-order chi connectivity index (χ0) is 15.3. The number of rotatable bonds is 6. The van der Waals surface area contributed by atoms with Gasteiger partial charge in [-0.15, -0.1) is 0 Å². The Kier molecular flexibility index (Phi) is 5.74. The predicted octanol–water partition coefficient (Wildman–Crippen LogP) is 2.53. The molecule has 0 fully saturated rings. The van der Waals surface area contributed by atoms with Gasteiger partial charge in [-0.05, 0) is 17.0 Å². The molecule has 1 unspecified atom stereocenters. The molecule has 0 spiro atoms. The second-order valence-corrected chi connectivity index (χ2v) is 7.48. The van der Waals surface area contributed by atoms with E-state index in [0.717, 1.165) is 5.56 Å². The number of carbonyl (C=O) groups excluding carboxylic acids is 1. The van der Waals surface area contributed by atoms with E-state index in [-0.39, 0.29) is 11.5 Å². The van der Waals surface area contributed by atoms with Gasteiger partial charge in [-0.1, -0.05) is 45.0 Å². The van der Waals surface area contributed by atoms with Crippen molar-refractivity contribution in [3.05, 3.63) is 35.4 Å². The summed E-state index contributed by atoms with van der Waals surface area (Å²) in [7, 11) is -2.06. The molecule has 112 valence electrons. The second-order valence-electron chi connectivity index (χ2n) is 5.38. The Labute approximate surface area is 121 Å². The number of methoxy groups -OCH3 is 1. The predicted molar refractivity (Wildman–Crippen MR) is 79.2 cm³/mol. The highest BCUT2D eigenvalue weighted by molar-refractivity contribution is 7.90. The molecule has 0 N–H and O–H groups in total. The van der Waals surface area contributed by atoms with Crippen molar-refractivity contribution in [1.82, 2.24) is 0 Å². The number of ether oxygens (including phenoxy) is 1. The van der Waals surface area contributed by atoms with E-state index in [2.05, 4.69) is 18.6 Å². The first-order chi connectivity index (χ1) is 9.25. The largest absolute Gasteiger partial charge is 0.469 e. The Morgan fingerprint density at radius 1 is 1.15 bits per heavy atom. The van der Waals surface area contributed by atoms with Crippen molar-refractivity contribution in [2.24, 2.45) is 5.92 Å². The summed E-state index contributed by atoms with van der Waals surface area (Å²) in [4.78, 5) is 11.3. The van der Waals surface area contributed by atoms with Crippen LogP contribution < -0.4 is 0 Å². The third-order valence-corrected chi connectivity index (χ3v) is 4.92. The summed E-state index contributed by atoms with van der Waals surface area (Å²) < 4.78 is 28.6. The third kappa shape index (κ3) is 4.96. The Morgan fingerprint density at radius 3 is 2.15 bits per heavy atom. The summed E-state index contributed by atoms with van der Waals surface area (Å²) in [6.45, 7) is 5.73. The summed E-state index contributed by atoms with van der Waals surface area (Å²) in [6.07, 6.45) is 0. The minimum absolute atomic E-state index is 0.0489. The SMILES string of the molecule is COC(=O)C(C)CS(=O)(=O)Cc1ccc(C(C)C)cc1. The smallest absolute Gasteiger partial charge is 0.309 e. The molecule has 0 amide bonds. The molecule has 0 saturated heterocycles. The first kappa shape index (κ1) is 16.7. The van der Waals surface area contributed by atoms with Gasteiger partial charge in [0.15, 0.2) is 9.84 Å². The molecule has 0 saturated carbocycles. The number of hydrogen-bond acceptors (Lipinski definition) is 4. The molecule has 1 aromatic rings. The molecule has 0 aliphatic rings. The third-order valence-electron chi connectivity index (χ3n) is 3.14. The monoisotopic (exact) mass is 298 g/mol. The van der Waals surface area contributed by atoms with E-state index < -0.39 is 21.7 Å². The zero-order valence-electron chi connectivity index (χ0n) is 12.4. The summed E-state index contributed by atoms with van der Waals surface area (Å²) in [5, 5.41) is 0. The van der Waals surface area contributed by atoms with Crippen LogP contribution in [0.15, 0.2) is 24.3 Å². The highest BCUT2D eigenvalue weighted by Gasteiger charge is 2.22. The number of sulfone groups is 1. The minimum Gasteiger partial charge on any atom is -0.469 e. The molecule has 0 aromatic heterocycles. The van der Waals surface area contributed by atoms with Gasteiger partial charge in [-0.25, -0.2) is 8.42 Å². The Balaban J connectivity index is 2.73. The number of esters is 1. The molecule has 1 atom stereocenters. The van der Waals surface area contributed by atoms with E-state index in [0.29, 0.717) is 5.92 Å². The zero-order valence-corrected chi connectivity index (χ0v) is 13.2. The Bertz CT molecular complexity index is 544. The average molecular weight is 298 g/mol. The molecular weight excluding hydrogens is 276 g/mol. The summed E-state index contributed by atoms with van der Waals surface area (Å²) >= 11 is 0. The van der Waals surface area contributed by atoms with E-state index in [1.54, 1.807) is 6.92 Å². The molecule has 0 aliphatic carbocycles. The fourth-order valence-corrected chi connectivity index (χ4v) is 3.68. The van der Waals surface area contributed by atoms with Crippen molar-refractivity contribution >= 4 is 15.8 Å². The highest BCUT2D eigenvalue weighted by Crippen LogP contribution is 2.17. The van der Waals surface area contributed by atoms with Gasteiger partial charge in [0.2, 0.25) is 0 Å². The fourth-order valence-electron chi connectivity index (χ4n) is 1.96. The topological polar surface area (TPSA) is 60.4 Å². The quantitative estimate of drug-likeness (QED) is 0.757. The van der Waals surface area contributed by atoms with Crippen LogP contribution in [-0.4, -0.2) is 27.2 Å². The molecule has 1 aromatic carbocycles. The van der Waals surface area contributed by atoms with Gasteiger partial charge in [0.05, 0.1) is 24.5 Å². The van der Waals surface area contributed by atoms with Crippen molar-refractivity contribution in [2.45, 2.75) is 32.4 Å². The van der Waals surface area contributed by atoms with Gasteiger partial charge in [-0.2, -0.15) is 0 Å². The molecule has 5 heteroatoms. The van der Waals surface area contributed by atoms with E-state index in [4.69, 9.17) is 0 Å². The summed E-state index contributed by atoms with van der Waals surface area (Å²) in [6, 6.07) is 7.55. The molecule has 0 radical (unpaired) electrons. The van der Waals surface area contributed by atoms with Crippen LogP contribution in [0.2, 0.25) is 0 Å². The lowest BCUT2D eigenvalue weighted by atomic mass is 10.0. The molecule has 0 bridgehead atoms. The van der Waals surface area contributed by atoms with E-state index in [1.165, 1.54) is 12.7 Å². The van der Waals surface area contributed by atoms with Crippen LogP contribution in [0.25, 0.3) is 0 Å². The van der Waals surface area contributed by atoms with Gasteiger partial charge in [0.25, 0.3) is 0 Å². The van der Waals surface area contributed by atoms with Crippen LogP contribution in [0, 0.1) is 5.92 Å². The summed E-state index contributed by atoms with van der Waals surface area (Å²) in [5.41, 5.74) is 1.92. The second kappa shape index (κ2) is 6.88. The first-order valence-electron chi connectivity index (χ1n) is 6.62. The number of carbonyl (C=O) groups is 1. The highest BCUT2D eigenvalue weighted by atomic mass is 32.2. The number of benzene rings is 1. The molecule has 1 rings (SSSR count). The van der Waals surface area contributed by atoms with Crippen LogP contribution in [0.5, 0.6) is 0 Å². The van der Waals surface area contributed by atoms with Gasteiger partial charge in [0, 0.05) is 0 Å². The van der Waals surface area contributed by atoms with Crippen molar-refractivity contribution in [3.63, 3.8) is 0 Å². The fraction of sp³-hybridized carbons (Fsp3) is 0.533. The van der Waals surface area contributed by atoms with Crippen molar-refractivity contribution < 1.29 is 17.9 Å². The van der Waals surface area contributed by atoms with E-state index in [1.807, 2.05) is 24.3 Å². The number of hydrogen-bond donors (Lipinski definition) is 0.